The molecule has 0 saturated heterocycles. The lowest BCUT2D eigenvalue weighted by Crippen LogP contribution is -2.39. The summed E-state index contributed by atoms with van der Waals surface area (Å²) in [5.41, 5.74) is 4.05. The van der Waals surface area contributed by atoms with E-state index < -0.39 is 12.1 Å². The topological polar surface area (TPSA) is 81.2 Å². The van der Waals surface area contributed by atoms with Crippen molar-refractivity contribution in [3.63, 3.8) is 0 Å². The number of aryl methyl sites for hydroxylation is 1. The molecule has 1 aromatic heterocycles. The molecule has 1 aliphatic carbocycles. The van der Waals surface area contributed by atoms with Crippen molar-refractivity contribution in [3.8, 4) is 0 Å². The highest BCUT2D eigenvalue weighted by molar-refractivity contribution is 5.95. The van der Waals surface area contributed by atoms with E-state index in [9.17, 15) is 9.59 Å². The van der Waals surface area contributed by atoms with E-state index in [1.807, 2.05) is 18.2 Å². The fourth-order valence-electron chi connectivity index (χ4n) is 3.57. The highest BCUT2D eigenvalue weighted by atomic mass is 16.5. The molecule has 0 aliphatic heterocycles. The molecule has 28 heavy (non-hydrogen) atoms. The average molecular weight is 375 g/mol. The van der Waals surface area contributed by atoms with Crippen LogP contribution in [0, 0.1) is 0 Å². The molecule has 0 bridgehead atoms. The van der Waals surface area contributed by atoms with Gasteiger partial charge in [0.15, 0.2) is 6.10 Å². The van der Waals surface area contributed by atoms with Gasteiger partial charge in [0.25, 0.3) is 5.91 Å². The van der Waals surface area contributed by atoms with Gasteiger partial charge >= 0.3 is 5.97 Å². The van der Waals surface area contributed by atoms with Gasteiger partial charge in [0.1, 0.15) is 0 Å². The first kappa shape index (κ1) is 18.1. The zero-order chi connectivity index (χ0) is 19.5. The van der Waals surface area contributed by atoms with Crippen LogP contribution in [0.15, 0.2) is 54.9 Å². The van der Waals surface area contributed by atoms with Gasteiger partial charge in [0, 0.05) is 12.4 Å². The zero-order valence-electron chi connectivity index (χ0n) is 15.6. The SMILES string of the molecule is C[C@@H](OC(=O)c1ccc2nccnc2c1)C(=O)N[C@@H]1CCCc2ccccc21. The number of carbonyl (C=O) groups excluding carboxylic acids is 2. The van der Waals surface area contributed by atoms with E-state index >= 15 is 0 Å². The molecular formula is C22H21N3O3. The summed E-state index contributed by atoms with van der Waals surface area (Å²) in [6, 6.07) is 13.0. The van der Waals surface area contributed by atoms with Crippen molar-refractivity contribution in [1.82, 2.24) is 15.3 Å². The van der Waals surface area contributed by atoms with E-state index in [0.717, 1.165) is 24.8 Å². The second-order valence-electron chi connectivity index (χ2n) is 6.96. The normalized spacial score (nSPS) is 16.8. The summed E-state index contributed by atoms with van der Waals surface area (Å²) in [6.07, 6.45) is 5.20. The Morgan fingerprint density at radius 3 is 2.75 bits per heavy atom. The number of fused-ring (bicyclic) bond motifs is 2. The molecule has 0 radical (unpaired) electrons. The smallest absolute Gasteiger partial charge is 0.338 e. The number of amides is 1. The van der Waals surface area contributed by atoms with Gasteiger partial charge in [0.2, 0.25) is 0 Å². The summed E-state index contributed by atoms with van der Waals surface area (Å²) >= 11 is 0. The number of nitrogens with one attached hydrogen (secondary N) is 1. The lowest BCUT2D eigenvalue weighted by molar-refractivity contribution is -0.130. The van der Waals surface area contributed by atoms with Gasteiger partial charge in [-0.3, -0.25) is 14.8 Å². The van der Waals surface area contributed by atoms with Crippen LogP contribution < -0.4 is 5.32 Å². The fraction of sp³-hybridized carbons (Fsp3) is 0.273. The van der Waals surface area contributed by atoms with E-state index in [-0.39, 0.29) is 11.9 Å². The van der Waals surface area contributed by atoms with Crippen LogP contribution in [0.3, 0.4) is 0 Å². The third-order valence-corrected chi connectivity index (χ3v) is 5.04. The van der Waals surface area contributed by atoms with Gasteiger partial charge in [-0.15, -0.1) is 0 Å². The molecule has 0 spiro atoms. The molecule has 3 aromatic rings. The van der Waals surface area contributed by atoms with Crippen molar-refractivity contribution in [2.75, 3.05) is 0 Å². The number of rotatable bonds is 4. The number of ether oxygens (including phenoxy) is 1. The number of benzene rings is 2. The van der Waals surface area contributed by atoms with Crippen LogP contribution in [-0.2, 0) is 16.0 Å². The van der Waals surface area contributed by atoms with Crippen LogP contribution in [0.1, 0.15) is 47.3 Å². The summed E-state index contributed by atoms with van der Waals surface area (Å²) < 4.78 is 5.38. The first-order valence-electron chi connectivity index (χ1n) is 9.42. The molecule has 1 heterocycles. The number of carbonyl (C=O) groups is 2. The van der Waals surface area contributed by atoms with Crippen molar-refractivity contribution < 1.29 is 14.3 Å². The molecule has 2 aromatic carbocycles. The first-order valence-corrected chi connectivity index (χ1v) is 9.42. The molecule has 0 saturated carbocycles. The number of hydrogen-bond donors (Lipinski definition) is 1. The maximum Gasteiger partial charge on any atom is 0.338 e. The predicted octanol–water partition coefficient (Wildman–Crippen LogP) is 3.37. The minimum Gasteiger partial charge on any atom is -0.449 e. The van der Waals surface area contributed by atoms with Gasteiger partial charge in [-0.05, 0) is 55.5 Å². The summed E-state index contributed by atoms with van der Waals surface area (Å²) in [5.74, 6) is -0.852. The van der Waals surface area contributed by atoms with Crippen LogP contribution >= 0.6 is 0 Å². The molecule has 6 heteroatoms. The third kappa shape index (κ3) is 3.71. The Balaban J connectivity index is 1.42. The maximum atomic E-state index is 12.6. The Kier molecular flexibility index (Phi) is 5.02. The molecule has 6 nitrogen and oxygen atoms in total. The van der Waals surface area contributed by atoms with Crippen molar-refractivity contribution in [3.05, 3.63) is 71.5 Å². The van der Waals surface area contributed by atoms with Crippen LogP contribution in [0.2, 0.25) is 0 Å². The van der Waals surface area contributed by atoms with Gasteiger partial charge in [-0.2, -0.15) is 0 Å². The number of esters is 1. The highest BCUT2D eigenvalue weighted by Crippen LogP contribution is 2.29. The van der Waals surface area contributed by atoms with Gasteiger partial charge in [0.05, 0.1) is 22.6 Å². The van der Waals surface area contributed by atoms with Gasteiger partial charge in [-0.25, -0.2) is 4.79 Å². The minimum absolute atomic E-state index is 0.0467. The second-order valence-corrected chi connectivity index (χ2v) is 6.96. The average Bonchev–Trinajstić information content (AvgIpc) is 2.73. The quantitative estimate of drug-likeness (QED) is 0.707. The van der Waals surface area contributed by atoms with Crippen molar-refractivity contribution >= 4 is 22.9 Å². The molecule has 2 atom stereocenters. The molecule has 142 valence electrons. The molecule has 1 N–H and O–H groups in total. The lowest BCUT2D eigenvalue weighted by atomic mass is 9.87. The highest BCUT2D eigenvalue weighted by Gasteiger charge is 2.25. The zero-order valence-corrected chi connectivity index (χ0v) is 15.6. The predicted molar refractivity (Wildman–Crippen MR) is 105 cm³/mol. The molecule has 1 amide bonds. The van der Waals surface area contributed by atoms with Crippen molar-refractivity contribution in [2.24, 2.45) is 0 Å². The van der Waals surface area contributed by atoms with E-state index in [1.165, 1.54) is 5.56 Å². The summed E-state index contributed by atoms with van der Waals surface area (Å²) in [5, 5.41) is 3.02. The van der Waals surface area contributed by atoms with Gasteiger partial charge < -0.3 is 10.1 Å². The largest absolute Gasteiger partial charge is 0.449 e. The summed E-state index contributed by atoms with van der Waals surface area (Å²) in [6.45, 7) is 1.59. The van der Waals surface area contributed by atoms with Crippen LogP contribution in [0.5, 0.6) is 0 Å². The molecular weight excluding hydrogens is 354 g/mol. The number of nitrogens with zero attached hydrogens (tertiary/aromatic N) is 2. The van der Waals surface area contributed by atoms with Crippen LogP contribution in [-0.4, -0.2) is 27.9 Å². The Labute approximate surface area is 163 Å². The number of aromatic nitrogens is 2. The van der Waals surface area contributed by atoms with Crippen LogP contribution in [0.4, 0.5) is 0 Å². The Morgan fingerprint density at radius 2 is 1.89 bits per heavy atom. The molecule has 0 unspecified atom stereocenters. The minimum atomic E-state index is -0.890. The Morgan fingerprint density at radius 1 is 1.11 bits per heavy atom. The summed E-state index contributed by atoms with van der Waals surface area (Å²) in [4.78, 5) is 33.4. The molecule has 4 rings (SSSR count). The van der Waals surface area contributed by atoms with Crippen molar-refractivity contribution in [1.29, 1.82) is 0 Å². The Hall–Kier alpha value is -3.28. The van der Waals surface area contributed by atoms with E-state index in [4.69, 9.17) is 4.74 Å². The monoisotopic (exact) mass is 375 g/mol. The number of hydrogen-bond acceptors (Lipinski definition) is 5. The molecule has 0 fully saturated rings. The first-order chi connectivity index (χ1) is 13.6. The lowest BCUT2D eigenvalue weighted by Gasteiger charge is -2.27. The molecule has 1 aliphatic rings. The summed E-state index contributed by atoms with van der Waals surface area (Å²) in [7, 11) is 0. The third-order valence-electron chi connectivity index (χ3n) is 5.04. The second kappa shape index (κ2) is 7.76. The Bertz CT molecular complexity index is 1030. The van der Waals surface area contributed by atoms with Gasteiger partial charge in [-0.1, -0.05) is 24.3 Å². The van der Waals surface area contributed by atoms with E-state index in [1.54, 1.807) is 37.5 Å². The van der Waals surface area contributed by atoms with Crippen LogP contribution in [0.25, 0.3) is 11.0 Å². The van der Waals surface area contributed by atoms with Crippen molar-refractivity contribution in [2.45, 2.75) is 38.3 Å². The van der Waals surface area contributed by atoms with E-state index in [0.29, 0.717) is 16.6 Å². The maximum absolute atomic E-state index is 12.6. The fourth-order valence-corrected chi connectivity index (χ4v) is 3.57. The standard InChI is InChI=1S/C22H21N3O3/c1-14(21(26)25-18-8-4-6-15-5-2-3-7-17(15)18)28-22(27)16-9-10-19-20(13-16)24-12-11-23-19/h2-3,5,7,9-14,18H,4,6,8H2,1H3,(H,25,26)/t14-,18-/m1/s1. The van der Waals surface area contributed by atoms with E-state index in [2.05, 4.69) is 21.4 Å².